The number of fused-ring (bicyclic) bond motifs is 1. The number of thiazole rings is 1. The number of H-pyrrole nitrogens is 1. The van der Waals surface area contributed by atoms with Gasteiger partial charge in [0.25, 0.3) is 10.0 Å². The maximum absolute atomic E-state index is 13.0. The lowest BCUT2D eigenvalue weighted by Gasteiger charge is -2.19. The SMILES string of the molecule is CN(c1cccc2cc(-c3ncc(CN4CCC(OC(=O)C(F)(F)F)C4)s3)[nH]c12)S(=O)(=O)c1cccs1. The molecule has 0 aliphatic carbocycles. The van der Waals surface area contributed by atoms with E-state index in [2.05, 4.69) is 14.7 Å². The van der Waals surface area contributed by atoms with Gasteiger partial charge in [-0.25, -0.2) is 18.2 Å². The number of thiophene rings is 1. The predicted molar refractivity (Wildman–Crippen MR) is 135 cm³/mol. The van der Waals surface area contributed by atoms with Crippen molar-refractivity contribution in [3.8, 4) is 10.7 Å². The van der Waals surface area contributed by atoms with E-state index >= 15 is 0 Å². The van der Waals surface area contributed by atoms with Gasteiger partial charge in [0, 0.05) is 43.1 Å². The number of nitrogens with one attached hydrogen (secondary N) is 1. The van der Waals surface area contributed by atoms with Crippen LogP contribution >= 0.6 is 22.7 Å². The van der Waals surface area contributed by atoms with Crippen molar-refractivity contribution in [2.75, 3.05) is 24.4 Å². The Morgan fingerprint density at radius 1 is 1.30 bits per heavy atom. The van der Waals surface area contributed by atoms with E-state index in [0.717, 1.165) is 27.3 Å². The van der Waals surface area contributed by atoms with Crippen LogP contribution in [0.5, 0.6) is 0 Å². The Balaban J connectivity index is 1.31. The van der Waals surface area contributed by atoms with Gasteiger partial charge in [0.1, 0.15) is 15.3 Å². The molecule has 37 heavy (non-hydrogen) atoms. The zero-order chi connectivity index (χ0) is 26.4. The summed E-state index contributed by atoms with van der Waals surface area (Å²) in [6, 6.07) is 10.6. The van der Waals surface area contributed by atoms with Gasteiger partial charge in [0.05, 0.1) is 16.9 Å². The summed E-state index contributed by atoms with van der Waals surface area (Å²) in [6.07, 6.45) is -3.76. The lowest BCUT2D eigenvalue weighted by Crippen LogP contribution is -2.31. The highest BCUT2D eigenvalue weighted by Gasteiger charge is 2.43. The monoisotopic (exact) mass is 570 g/mol. The molecule has 8 nitrogen and oxygen atoms in total. The lowest BCUT2D eigenvalue weighted by molar-refractivity contribution is -0.204. The number of carbonyl (C=O) groups is 1. The topological polar surface area (TPSA) is 95.6 Å². The van der Waals surface area contributed by atoms with Crippen LogP contribution in [0, 0.1) is 0 Å². The summed E-state index contributed by atoms with van der Waals surface area (Å²) in [5, 5.41) is 3.23. The molecule has 4 heterocycles. The van der Waals surface area contributed by atoms with Crippen LogP contribution in [0.4, 0.5) is 18.9 Å². The van der Waals surface area contributed by atoms with Crippen molar-refractivity contribution in [2.24, 2.45) is 0 Å². The van der Waals surface area contributed by atoms with E-state index in [1.807, 2.05) is 17.0 Å². The Hall–Kier alpha value is -2.94. The number of anilines is 1. The molecule has 14 heteroatoms. The number of carbonyl (C=O) groups excluding carboxylic acids is 1. The minimum absolute atomic E-state index is 0.218. The first kappa shape index (κ1) is 25.7. The number of alkyl halides is 3. The average Bonchev–Trinajstić information content (AvgIpc) is 3.64. The third-order valence-electron chi connectivity index (χ3n) is 5.98. The molecular weight excluding hydrogens is 549 g/mol. The Bertz CT molecular complexity index is 1530. The number of benzene rings is 1. The smallest absolute Gasteiger partial charge is 0.454 e. The molecule has 1 aromatic carbocycles. The first-order chi connectivity index (χ1) is 17.5. The molecule has 3 aromatic heterocycles. The van der Waals surface area contributed by atoms with Crippen LogP contribution in [0.3, 0.4) is 0 Å². The zero-order valence-electron chi connectivity index (χ0n) is 19.4. The van der Waals surface area contributed by atoms with Gasteiger partial charge in [0.2, 0.25) is 0 Å². The average molecular weight is 571 g/mol. The summed E-state index contributed by atoms with van der Waals surface area (Å²) in [6.45, 7) is 1.19. The van der Waals surface area contributed by atoms with Crippen LogP contribution < -0.4 is 4.31 Å². The van der Waals surface area contributed by atoms with Crippen LogP contribution in [0.1, 0.15) is 11.3 Å². The summed E-state index contributed by atoms with van der Waals surface area (Å²) in [7, 11) is -2.19. The van der Waals surface area contributed by atoms with E-state index in [4.69, 9.17) is 0 Å². The third kappa shape index (κ3) is 5.23. The molecule has 0 radical (unpaired) electrons. The second-order valence-electron chi connectivity index (χ2n) is 8.51. The number of nitrogens with zero attached hydrogens (tertiary/aromatic N) is 3. The number of likely N-dealkylation sites (tertiary alicyclic amines) is 1. The molecule has 1 N–H and O–H groups in total. The fraction of sp³-hybridized carbons (Fsp3) is 0.304. The van der Waals surface area contributed by atoms with E-state index in [1.54, 1.807) is 35.8 Å². The summed E-state index contributed by atoms with van der Waals surface area (Å²) in [5.74, 6) is -2.16. The number of sulfonamides is 1. The maximum Gasteiger partial charge on any atom is 0.490 e. The van der Waals surface area contributed by atoms with E-state index in [1.165, 1.54) is 22.7 Å². The van der Waals surface area contributed by atoms with Gasteiger partial charge in [-0.3, -0.25) is 9.21 Å². The molecule has 0 saturated carbocycles. The summed E-state index contributed by atoms with van der Waals surface area (Å²) in [5.41, 5.74) is 1.88. The highest BCUT2D eigenvalue weighted by atomic mass is 32.2. The van der Waals surface area contributed by atoms with E-state index < -0.39 is 28.3 Å². The van der Waals surface area contributed by atoms with Gasteiger partial charge < -0.3 is 9.72 Å². The number of ether oxygens (including phenoxy) is 1. The molecule has 4 aromatic rings. The van der Waals surface area contributed by atoms with E-state index in [-0.39, 0.29) is 10.8 Å². The van der Waals surface area contributed by atoms with Crippen molar-refractivity contribution in [1.29, 1.82) is 0 Å². The summed E-state index contributed by atoms with van der Waals surface area (Å²) in [4.78, 5) is 21.7. The van der Waals surface area contributed by atoms with Crippen molar-refractivity contribution < 1.29 is 31.1 Å². The third-order valence-corrected chi connectivity index (χ3v) is 10.1. The highest BCUT2D eigenvalue weighted by Crippen LogP contribution is 2.35. The van der Waals surface area contributed by atoms with Crippen LogP contribution in [0.25, 0.3) is 21.6 Å². The molecule has 0 bridgehead atoms. The van der Waals surface area contributed by atoms with Gasteiger partial charge in [-0.2, -0.15) is 13.2 Å². The Morgan fingerprint density at radius 3 is 2.84 bits per heavy atom. The number of halogens is 3. The molecule has 1 aliphatic heterocycles. The fourth-order valence-corrected chi connectivity index (χ4v) is 7.47. The van der Waals surface area contributed by atoms with Crippen molar-refractivity contribution in [2.45, 2.75) is 29.5 Å². The van der Waals surface area contributed by atoms with Crippen molar-refractivity contribution in [3.63, 3.8) is 0 Å². The van der Waals surface area contributed by atoms with E-state index in [0.29, 0.717) is 35.7 Å². The fourth-order valence-electron chi connectivity index (χ4n) is 4.17. The molecule has 0 amide bonds. The van der Waals surface area contributed by atoms with Gasteiger partial charge in [-0.1, -0.05) is 18.2 Å². The molecule has 196 valence electrons. The maximum atomic E-state index is 13.0. The number of hydrogen-bond acceptors (Lipinski definition) is 8. The molecule has 1 saturated heterocycles. The van der Waals surface area contributed by atoms with E-state index in [9.17, 15) is 26.4 Å². The molecule has 1 unspecified atom stereocenters. The molecular formula is C23H21F3N4O4S3. The van der Waals surface area contributed by atoms with Crippen molar-refractivity contribution in [3.05, 3.63) is 52.9 Å². The van der Waals surface area contributed by atoms with Gasteiger partial charge in [0.15, 0.2) is 0 Å². The predicted octanol–water partition coefficient (Wildman–Crippen LogP) is 4.86. The normalized spacial score (nSPS) is 16.9. The largest absolute Gasteiger partial charge is 0.490 e. The quantitative estimate of drug-likeness (QED) is 0.319. The molecule has 0 spiro atoms. The van der Waals surface area contributed by atoms with Crippen molar-refractivity contribution >= 4 is 55.3 Å². The number of aromatic nitrogens is 2. The van der Waals surface area contributed by atoms with Crippen LogP contribution in [-0.4, -0.2) is 61.7 Å². The number of rotatable bonds is 7. The Labute approximate surface area is 218 Å². The number of para-hydroxylation sites is 1. The number of hydrogen-bond donors (Lipinski definition) is 1. The zero-order valence-corrected chi connectivity index (χ0v) is 21.8. The molecule has 5 rings (SSSR count). The standard InChI is InChI=1S/C23H21F3N4O4S3/c1-29(37(32,33)19-6-3-9-35-19)18-5-2-4-14-10-17(28-20(14)18)21-27-11-16(36-21)13-30-8-7-15(12-30)34-22(31)23(24,25)26/h2-6,9-11,15,28H,7-8,12-13H2,1H3. The second-order valence-corrected chi connectivity index (χ2v) is 12.8. The summed E-state index contributed by atoms with van der Waals surface area (Å²) >= 11 is 2.58. The first-order valence-electron chi connectivity index (χ1n) is 11.1. The highest BCUT2D eigenvalue weighted by molar-refractivity contribution is 7.94. The number of esters is 1. The lowest BCUT2D eigenvalue weighted by atomic mass is 10.2. The van der Waals surface area contributed by atoms with Gasteiger partial charge in [-0.05, 0) is 30.0 Å². The first-order valence-corrected chi connectivity index (χ1v) is 14.3. The summed E-state index contributed by atoms with van der Waals surface area (Å²) < 4.78 is 69.5. The van der Waals surface area contributed by atoms with Gasteiger partial charge >= 0.3 is 12.1 Å². The Morgan fingerprint density at radius 2 is 2.11 bits per heavy atom. The van der Waals surface area contributed by atoms with Crippen LogP contribution in [-0.2, 0) is 26.1 Å². The van der Waals surface area contributed by atoms with Crippen LogP contribution in [0.15, 0.2) is 52.2 Å². The molecule has 1 fully saturated rings. The minimum Gasteiger partial charge on any atom is -0.454 e. The Kier molecular flexibility index (Phi) is 6.77. The minimum atomic E-state index is -5.00. The molecule has 1 atom stereocenters. The molecule has 1 aliphatic rings. The second kappa shape index (κ2) is 9.74. The van der Waals surface area contributed by atoms with Gasteiger partial charge in [-0.15, -0.1) is 22.7 Å². The van der Waals surface area contributed by atoms with Crippen molar-refractivity contribution in [1.82, 2.24) is 14.9 Å². The number of aromatic amines is 1. The van der Waals surface area contributed by atoms with Crippen LogP contribution in [0.2, 0.25) is 0 Å².